The normalized spacial score (nSPS) is 10.5. The summed E-state index contributed by atoms with van der Waals surface area (Å²) >= 11 is 3.27. The van der Waals surface area contributed by atoms with Crippen LogP contribution >= 0.6 is 15.9 Å². The number of rotatable bonds is 8. The highest BCUT2D eigenvalue weighted by molar-refractivity contribution is 9.10. The largest absolute Gasteiger partial charge is 0.490 e. The molecule has 1 N–H and O–H groups in total. The lowest BCUT2D eigenvalue weighted by molar-refractivity contribution is 0.0534. The van der Waals surface area contributed by atoms with Crippen molar-refractivity contribution in [2.75, 3.05) is 33.5 Å². The highest BCUT2D eigenvalue weighted by Crippen LogP contribution is 2.28. The summed E-state index contributed by atoms with van der Waals surface area (Å²) < 4.78 is 16.3. The van der Waals surface area contributed by atoms with Crippen LogP contribution in [0.3, 0.4) is 0 Å². The Hall–Kier alpha value is -1.11. The molecule has 0 atom stereocenters. The lowest BCUT2D eigenvalue weighted by atomic mass is 10.1. The zero-order chi connectivity index (χ0) is 14.3. The van der Waals surface area contributed by atoms with E-state index in [1.807, 2.05) is 6.07 Å². The summed E-state index contributed by atoms with van der Waals surface area (Å²) in [5.41, 5.74) is 0.910. The molecule has 0 bridgehead atoms. The lowest BCUT2D eigenvalue weighted by Crippen LogP contribution is -2.12. The summed E-state index contributed by atoms with van der Waals surface area (Å²) in [7, 11) is 1.60. The highest BCUT2D eigenvalue weighted by atomic mass is 79.9. The number of ether oxygens (including phenoxy) is 3. The third-order valence-corrected chi connectivity index (χ3v) is 2.83. The molecule has 0 aliphatic rings. The van der Waals surface area contributed by atoms with Gasteiger partial charge in [-0.2, -0.15) is 0 Å². The molecule has 0 fully saturated rings. The molecular formula is C13H17BrO5. The molecule has 106 valence electrons. The van der Waals surface area contributed by atoms with E-state index in [0.717, 1.165) is 5.56 Å². The van der Waals surface area contributed by atoms with E-state index < -0.39 is 5.97 Å². The van der Waals surface area contributed by atoms with Gasteiger partial charge in [0.25, 0.3) is 0 Å². The molecule has 0 unspecified atom stereocenters. The van der Waals surface area contributed by atoms with Gasteiger partial charge in [-0.15, -0.1) is 0 Å². The van der Waals surface area contributed by atoms with Crippen LogP contribution in [-0.4, -0.2) is 44.6 Å². The fourth-order valence-corrected chi connectivity index (χ4v) is 2.10. The molecule has 0 aromatic heterocycles. The summed E-state index contributed by atoms with van der Waals surface area (Å²) in [5.74, 6) is -0.634. The van der Waals surface area contributed by atoms with Gasteiger partial charge < -0.3 is 19.3 Å². The van der Waals surface area contributed by atoms with E-state index in [9.17, 15) is 4.79 Å². The Morgan fingerprint density at radius 1 is 1.26 bits per heavy atom. The fourth-order valence-electron chi connectivity index (χ4n) is 1.53. The number of carboxylic acid groups (broad SMARTS) is 1. The van der Waals surface area contributed by atoms with E-state index in [1.165, 1.54) is 6.07 Å². The minimum absolute atomic E-state index is 0.142. The van der Waals surface area contributed by atoms with Crippen molar-refractivity contribution in [3.63, 3.8) is 0 Å². The van der Waals surface area contributed by atoms with Crippen molar-refractivity contribution in [1.29, 1.82) is 0 Å². The van der Waals surface area contributed by atoms with E-state index in [1.54, 1.807) is 14.0 Å². The molecular weight excluding hydrogens is 316 g/mol. The van der Waals surface area contributed by atoms with Gasteiger partial charge in [-0.1, -0.05) is 15.9 Å². The van der Waals surface area contributed by atoms with Crippen molar-refractivity contribution in [3.05, 3.63) is 27.7 Å². The van der Waals surface area contributed by atoms with Crippen LogP contribution in [0.1, 0.15) is 15.9 Å². The molecule has 0 amide bonds. The number of aromatic carboxylic acids is 1. The van der Waals surface area contributed by atoms with Gasteiger partial charge in [0.1, 0.15) is 17.9 Å². The summed E-state index contributed by atoms with van der Waals surface area (Å²) in [6.45, 7) is 3.51. The van der Waals surface area contributed by atoms with Crippen LogP contribution < -0.4 is 4.74 Å². The second kappa shape index (κ2) is 8.14. The number of carbonyl (C=O) groups is 1. The van der Waals surface area contributed by atoms with Gasteiger partial charge in [0.2, 0.25) is 0 Å². The van der Waals surface area contributed by atoms with E-state index in [4.69, 9.17) is 19.3 Å². The Balaban J connectivity index is 2.59. The van der Waals surface area contributed by atoms with Crippen molar-refractivity contribution in [2.24, 2.45) is 0 Å². The summed E-state index contributed by atoms with van der Waals surface area (Å²) in [5, 5.41) is 9.14. The molecule has 0 saturated carbocycles. The number of aryl methyl sites for hydroxylation is 1. The van der Waals surface area contributed by atoms with E-state index in [0.29, 0.717) is 36.6 Å². The van der Waals surface area contributed by atoms with Gasteiger partial charge in [-0.25, -0.2) is 4.79 Å². The first kappa shape index (κ1) is 15.9. The van der Waals surface area contributed by atoms with Gasteiger partial charge in [0, 0.05) is 11.6 Å². The van der Waals surface area contributed by atoms with Crippen LogP contribution in [0.25, 0.3) is 0 Å². The predicted octanol–water partition coefficient (Wildman–Crippen LogP) is 2.50. The number of carboxylic acids is 1. The van der Waals surface area contributed by atoms with Crippen molar-refractivity contribution < 1.29 is 24.1 Å². The summed E-state index contributed by atoms with van der Waals surface area (Å²) in [6.07, 6.45) is 0. The van der Waals surface area contributed by atoms with E-state index in [-0.39, 0.29) is 5.56 Å². The molecule has 0 aliphatic heterocycles. The first-order chi connectivity index (χ1) is 9.06. The molecule has 0 radical (unpaired) electrons. The molecule has 0 aliphatic carbocycles. The fraction of sp³-hybridized carbons (Fsp3) is 0.462. The molecule has 0 spiro atoms. The highest BCUT2D eigenvalue weighted by Gasteiger charge is 2.15. The Morgan fingerprint density at radius 3 is 2.58 bits per heavy atom. The van der Waals surface area contributed by atoms with Crippen molar-refractivity contribution in [2.45, 2.75) is 6.92 Å². The maximum Gasteiger partial charge on any atom is 0.339 e. The molecule has 1 rings (SSSR count). The molecule has 5 nitrogen and oxygen atoms in total. The Kier molecular flexibility index (Phi) is 6.83. The van der Waals surface area contributed by atoms with Crippen molar-refractivity contribution in [1.82, 2.24) is 0 Å². The quantitative estimate of drug-likeness (QED) is 0.741. The standard InChI is InChI=1S/C13H17BrO5/c1-9-7-10(14)8-11(13(15)16)12(9)19-6-5-18-4-3-17-2/h7-8H,3-6H2,1-2H3,(H,15,16). The van der Waals surface area contributed by atoms with Crippen LogP contribution in [0.4, 0.5) is 0 Å². The number of hydrogen-bond donors (Lipinski definition) is 1. The maximum absolute atomic E-state index is 11.2. The predicted molar refractivity (Wildman–Crippen MR) is 74.0 cm³/mol. The molecule has 19 heavy (non-hydrogen) atoms. The third kappa shape index (κ3) is 5.18. The summed E-state index contributed by atoms with van der Waals surface area (Å²) in [6, 6.07) is 3.34. The van der Waals surface area contributed by atoms with Crippen molar-refractivity contribution in [3.8, 4) is 5.75 Å². The van der Waals surface area contributed by atoms with E-state index in [2.05, 4.69) is 15.9 Å². The van der Waals surface area contributed by atoms with Crippen molar-refractivity contribution >= 4 is 21.9 Å². The first-order valence-corrected chi connectivity index (χ1v) is 6.58. The van der Waals surface area contributed by atoms with Gasteiger partial charge in [0.05, 0.1) is 19.8 Å². The minimum Gasteiger partial charge on any atom is -0.490 e. The zero-order valence-corrected chi connectivity index (χ0v) is 12.5. The Bertz CT molecular complexity index is 433. The molecule has 1 aromatic carbocycles. The number of halogens is 1. The first-order valence-electron chi connectivity index (χ1n) is 5.79. The monoisotopic (exact) mass is 332 g/mol. The lowest BCUT2D eigenvalue weighted by Gasteiger charge is -2.12. The number of hydrogen-bond acceptors (Lipinski definition) is 4. The minimum atomic E-state index is -1.01. The van der Waals surface area contributed by atoms with Crippen LogP contribution in [-0.2, 0) is 9.47 Å². The number of benzene rings is 1. The SMILES string of the molecule is COCCOCCOc1c(C)cc(Br)cc1C(=O)O. The van der Waals surface area contributed by atoms with Crippen LogP contribution in [0.15, 0.2) is 16.6 Å². The van der Waals surface area contributed by atoms with Crippen LogP contribution in [0.2, 0.25) is 0 Å². The second-order valence-electron chi connectivity index (χ2n) is 3.86. The molecule has 0 heterocycles. The smallest absolute Gasteiger partial charge is 0.339 e. The molecule has 0 saturated heterocycles. The molecule has 1 aromatic rings. The van der Waals surface area contributed by atoms with Crippen LogP contribution in [0, 0.1) is 6.92 Å². The Morgan fingerprint density at radius 2 is 1.95 bits per heavy atom. The maximum atomic E-state index is 11.2. The third-order valence-electron chi connectivity index (χ3n) is 2.38. The van der Waals surface area contributed by atoms with Gasteiger partial charge >= 0.3 is 5.97 Å². The topological polar surface area (TPSA) is 65.0 Å². The number of methoxy groups -OCH3 is 1. The van der Waals surface area contributed by atoms with Gasteiger partial charge in [-0.05, 0) is 24.6 Å². The zero-order valence-electron chi connectivity index (χ0n) is 10.9. The Labute approximate surface area is 120 Å². The summed E-state index contributed by atoms with van der Waals surface area (Å²) in [4.78, 5) is 11.2. The van der Waals surface area contributed by atoms with Crippen LogP contribution in [0.5, 0.6) is 5.75 Å². The van der Waals surface area contributed by atoms with E-state index >= 15 is 0 Å². The van der Waals surface area contributed by atoms with Gasteiger partial charge in [-0.3, -0.25) is 0 Å². The van der Waals surface area contributed by atoms with Gasteiger partial charge in [0.15, 0.2) is 0 Å². The average Bonchev–Trinajstić information content (AvgIpc) is 2.34. The second-order valence-corrected chi connectivity index (χ2v) is 4.77. The average molecular weight is 333 g/mol. The molecule has 6 heteroatoms.